The van der Waals surface area contributed by atoms with Crippen LogP contribution < -0.4 is 0 Å². The fraction of sp³-hybridized carbons (Fsp3) is 0.647. The first-order chi connectivity index (χ1) is 10.5. The first-order valence-corrected chi connectivity index (χ1v) is 7.63. The molecule has 0 N–H and O–H groups in total. The van der Waals surface area contributed by atoms with Crippen LogP contribution in [0.5, 0.6) is 0 Å². The molecular formula is C17H24O6. The number of carbonyl (C=O) groups excluding carboxylic acids is 4. The Morgan fingerprint density at radius 3 is 2.30 bits per heavy atom. The van der Waals surface area contributed by atoms with Gasteiger partial charge in [0.25, 0.3) is 0 Å². The molecule has 1 aliphatic carbocycles. The summed E-state index contributed by atoms with van der Waals surface area (Å²) in [6.45, 7) is 9.66. The molecule has 23 heavy (non-hydrogen) atoms. The Kier molecular flexibility index (Phi) is 5.51. The van der Waals surface area contributed by atoms with Crippen LogP contribution in [-0.2, 0) is 28.7 Å². The van der Waals surface area contributed by atoms with Crippen LogP contribution in [0.4, 0.5) is 0 Å². The molecule has 0 spiro atoms. The minimum absolute atomic E-state index is 0.0938. The van der Waals surface area contributed by atoms with Crippen LogP contribution in [0.3, 0.4) is 0 Å². The first-order valence-electron chi connectivity index (χ1n) is 7.63. The number of esters is 2. The summed E-state index contributed by atoms with van der Waals surface area (Å²) in [5, 5.41) is 0. The maximum atomic E-state index is 12.7. The van der Waals surface area contributed by atoms with E-state index in [2.05, 4.69) is 0 Å². The molecule has 0 aromatic rings. The molecular weight excluding hydrogens is 300 g/mol. The molecule has 0 saturated heterocycles. The summed E-state index contributed by atoms with van der Waals surface area (Å²) in [6.07, 6.45) is 1.04. The van der Waals surface area contributed by atoms with Crippen molar-refractivity contribution in [2.24, 2.45) is 11.3 Å². The van der Waals surface area contributed by atoms with Gasteiger partial charge in [0.2, 0.25) is 0 Å². The summed E-state index contributed by atoms with van der Waals surface area (Å²) in [4.78, 5) is 49.0. The lowest BCUT2D eigenvalue weighted by atomic mass is 9.66. The van der Waals surface area contributed by atoms with Gasteiger partial charge in [-0.2, -0.15) is 0 Å². The highest BCUT2D eigenvalue weighted by Crippen LogP contribution is 2.41. The molecule has 0 fully saturated rings. The van der Waals surface area contributed by atoms with Crippen LogP contribution in [0.15, 0.2) is 11.6 Å². The SMILES string of the molecule is CCOC(=O)C1=CC(C(C)=O)(C(=O)OC(C)(C)C)C(C)CC1=O. The van der Waals surface area contributed by atoms with Gasteiger partial charge in [-0.1, -0.05) is 6.92 Å². The molecule has 6 heteroatoms. The number of rotatable bonds is 4. The van der Waals surface area contributed by atoms with Gasteiger partial charge in [-0.15, -0.1) is 0 Å². The van der Waals surface area contributed by atoms with Gasteiger partial charge in [0, 0.05) is 6.42 Å². The van der Waals surface area contributed by atoms with E-state index in [4.69, 9.17) is 9.47 Å². The largest absolute Gasteiger partial charge is 0.462 e. The lowest BCUT2D eigenvalue weighted by Gasteiger charge is -2.37. The number of hydrogen-bond acceptors (Lipinski definition) is 6. The van der Waals surface area contributed by atoms with Crippen LogP contribution in [-0.4, -0.2) is 35.7 Å². The zero-order valence-corrected chi connectivity index (χ0v) is 14.5. The third-order valence-corrected chi connectivity index (χ3v) is 3.76. The molecule has 1 rings (SSSR count). The Bertz CT molecular complexity index is 566. The van der Waals surface area contributed by atoms with Gasteiger partial charge < -0.3 is 9.47 Å². The quantitative estimate of drug-likeness (QED) is 0.446. The van der Waals surface area contributed by atoms with Gasteiger partial charge >= 0.3 is 11.9 Å². The highest BCUT2D eigenvalue weighted by atomic mass is 16.6. The van der Waals surface area contributed by atoms with Crippen LogP contribution >= 0.6 is 0 Å². The van der Waals surface area contributed by atoms with Gasteiger partial charge in [0.15, 0.2) is 11.6 Å². The normalized spacial score (nSPS) is 24.7. The molecule has 1 aliphatic rings. The Balaban J connectivity index is 3.43. The second-order valence-corrected chi connectivity index (χ2v) is 6.73. The molecule has 6 nitrogen and oxygen atoms in total. The predicted octanol–water partition coefficient (Wildman–Crippen LogP) is 2.00. The van der Waals surface area contributed by atoms with E-state index in [1.54, 1.807) is 34.6 Å². The molecule has 0 amide bonds. The second kappa shape index (κ2) is 6.64. The Hall–Kier alpha value is -1.98. The molecule has 128 valence electrons. The maximum Gasteiger partial charge on any atom is 0.341 e. The van der Waals surface area contributed by atoms with Crippen LogP contribution in [0.25, 0.3) is 0 Å². The van der Waals surface area contributed by atoms with E-state index in [0.717, 1.165) is 6.08 Å². The van der Waals surface area contributed by atoms with Crippen molar-refractivity contribution in [1.82, 2.24) is 0 Å². The number of ether oxygens (including phenoxy) is 2. The van der Waals surface area contributed by atoms with Crippen molar-refractivity contribution in [2.45, 2.75) is 53.6 Å². The lowest BCUT2D eigenvalue weighted by molar-refractivity contribution is -0.170. The summed E-state index contributed by atoms with van der Waals surface area (Å²) in [5.41, 5.74) is -2.70. The summed E-state index contributed by atoms with van der Waals surface area (Å²) in [5.74, 6) is -3.07. The standard InChI is InChI=1S/C17H24O6/c1-7-22-14(20)12-9-17(11(3)18,10(2)8-13(12)19)15(21)23-16(4,5)6/h9-10H,7-8H2,1-6H3. The second-order valence-electron chi connectivity index (χ2n) is 6.73. The van der Waals surface area contributed by atoms with Gasteiger partial charge in [0.1, 0.15) is 16.6 Å². The number of ketones is 2. The summed E-state index contributed by atoms with van der Waals surface area (Å²) >= 11 is 0. The lowest BCUT2D eigenvalue weighted by Crippen LogP contribution is -2.49. The van der Waals surface area contributed by atoms with E-state index in [0.29, 0.717) is 0 Å². The van der Waals surface area contributed by atoms with E-state index in [-0.39, 0.29) is 18.6 Å². The molecule has 0 saturated carbocycles. The molecule has 0 aliphatic heterocycles. The number of Topliss-reactive ketones (excluding diaryl/α,β-unsaturated/α-hetero) is 2. The summed E-state index contributed by atoms with van der Waals surface area (Å²) in [7, 11) is 0. The average Bonchev–Trinajstić information content (AvgIpc) is 2.36. The molecule has 0 aromatic heterocycles. The van der Waals surface area contributed by atoms with E-state index >= 15 is 0 Å². The van der Waals surface area contributed by atoms with Crippen LogP contribution in [0.1, 0.15) is 48.0 Å². The maximum absolute atomic E-state index is 12.7. The monoisotopic (exact) mass is 324 g/mol. The van der Waals surface area contributed by atoms with Crippen molar-refractivity contribution in [1.29, 1.82) is 0 Å². The van der Waals surface area contributed by atoms with Gasteiger partial charge in [-0.3, -0.25) is 14.4 Å². The Morgan fingerprint density at radius 2 is 1.87 bits per heavy atom. The van der Waals surface area contributed by atoms with E-state index in [1.807, 2.05) is 0 Å². The molecule has 2 unspecified atom stereocenters. The topological polar surface area (TPSA) is 86.7 Å². The summed E-state index contributed by atoms with van der Waals surface area (Å²) < 4.78 is 10.2. The predicted molar refractivity (Wildman–Crippen MR) is 82.5 cm³/mol. The number of hydrogen-bond donors (Lipinski definition) is 0. The Morgan fingerprint density at radius 1 is 1.30 bits per heavy atom. The number of carbonyl (C=O) groups is 4. The van der Waals surface area contributed by atoms with Crippen LogP contribution in [0.2, 0.25) is 0 Å². The highest BCUT2D eigenvalue weighted by Gasteiger charge is 2.53. The minimum atomic E-state index is -1.65. The zero-order chi connectivity index (χ0) is 18.0. The van der Waals surface area contributed by atoms with E-state index in [9.17, 15) is 19.2 Å². The Labute approximate surface area is 136 Å². The van der Waals surface area contributed by atoms with Crippen molar-refractivity contribution in [3.05, 3.63) is 11.6 Å². The molecule has 0 aromatic carbocycles. The fourth-order valence-corrected chi connectivity index (χ4v) is 2.60. The molecule has 2 atom stereocenters. The average molecular weight is 324 g/mol. The van der Waals surface area contributed by atoms with Crippen molar-refractivity contribution in [3.63, 3.8) is 0 Å². The summed E-state index contributed by atoms with van der Waals surface area (Å²) in [6, 6.07) is 0. The van der Waals surface area contributed by atoms with Gasteiger partial charge in [-0.25, -0.2) is 4.79 Å². The van der Waals surface area contributed by atoms with E-state index in [1.165, 1.54) is 6.92 Å². The third-order valence-electron chi connectivity index (χ3n) is 3.76. The first kappa shape index (κ1) is 19.1. The highest BCUT2D eigenvalue weighted by molar-refractivity contribution is 6.21. The minimum Gasteiger partial charge on any atom is -0.462 e. The van der Waals surface area contributed by atoms with Gasteiger partial charge in [0.05, 0.1) is 6.61 Å². The van der Waals surface area contributed by atoms with Crippen molar-refractivity contribution < 1.29 is 28.7 Å². The van der Waals surface area contributed by atoms with Crippen LogP contribution in [0, 0.1) is 11.3 Å². The zero-order valence-electron chi connectivity index (χ0n) is 14.5. The molecule has 0 bridgehead atoms. The van der Waals surface area contributed by atoms with Crippen molar-refractivity contribution in [2.75, 3.05) is 6.61 Å². The third kappa shape index (κ3) is 3.86. The van der Waals surface area contributed by atoms with E-state index < -0.39 is 40.4 Å². The molecule has 0 heterocycles. The molecule has 0 radical (unpaired) electrons. The van der Waals surface area contributed by atoms with Crippen molar-refractivity contribution >= 4 is 23.5 Å². The van der Waals surface area contributed by atoms with Gasteiger partial charge in [-0.05, 0) is 46.6 Å². The smallest absolute Gasteiger partial charge is 0.341 e. The van der Waals surface area contributed by atoms with Crippen molar-refractivity contribution in [3.8, 4) is 0 Å². The fourth-order valence-electron chi connectivity index (χ4n) is 2.60.